The second-order valence-electron chi connectivity index (χ2n) is 7.37. The standard InChI is InChI=1S/C22H26N4O2/c27-22(7-3-6-21-24-19-4-1-2-5-20(19)25-21)26-14-10-17(16-26)11-15-28-18-8-12-23-13-9-18/h1-2,4-5,8-9,12-13,17H,3,6-7,10-11,14-16H2,(H,24,25). The highest BCUT2D eigenvalue weighted by Gasteiger charge is 2.25. The maximum Gasteiger partial charge on any atom is 0.222 e. The van der Waals surface area contributed by atoms with Crippen molar-refractivity contribution >= 4 is 16.9 Å². The van der Waals surface area contributed by atoms with Crippen LogP contribution in [0.5, 0.6) is 5.75 Å². The van der Waals surface area contributed by atoms with Crippen molar-refractivity contribution in [1.29, 1.82) is 0 Å². The van der Waals surface area contributed by atoms with Crippen molar-refractivity contribution in [2.45, 2.75) is 32.1 Å². The molecule has 1 aliphatic heterocycles. The summed E-state index contributed by atoms with van der Waals surface area (Å²) in [6.07, 6.45) is 7.72. The number of H-pyrrole nitrogens is 1. The number of aromatic nitrogens is 3. The molecule has 1 saturated heterocycles. The number of rotatable bonds is 8. The van der Waals surface area contributed by atoms with E-state index in [2.05, 4.69) is 15.0 Å². The lowest BCUT2D eigenvalue weighted by atomic mass is 10.1. The number of aryl methyl sites for hydroxylation is 1. The Bertz CT molecular complexity index is 876. The van der Waals surface area contributed by atoms with E-state index in [1.54, 1.807) is 12.4 Å². The van der Waals surface area contributed by atoms with E-state index in [9.17, 15) is 4.79 Å². The number of benzene rings is 1. The molecule has 2 aromatic heterocycles. The van der Waals surface area contributed by atoms with E-state index in [4.69, 9.17) is 4.74 Å². The van der Waals surface area contributed by atoms with E-state index < -0.39 is 0 Å². The van der Waals surface area contributed by atoms with Crippen molar-refractivity contribution in [3.63, 3.8) is 0 Å². The minimum absolute atomic E-state index is 0.258. The van der Waals surface area contributed by atoms with E-state index in [-0.39, 0.29) is 5.91 Å². The summed E-state index contributed by atoms with van der Waals surface area (Å²) in [4.78, 5) is 26.4. The molecule has 6 heteroatoms. The maximum atomic E-state index is 12.5. The first kappa shape index (κ1) is 18.5. The van der Waals surface area contributed by atoms with Crippen molar-refractivity contribution in [3.05, 3.63) is 54.6 Å². The van der Waals surface area contributed by atoms with Crippen molar-refractivity contribution < 1.29 is 9.53 Å². The number of pyridine rings is 1. The van der Waals surface area contributed by atoms with Gasteiger partial charge in [-0.25, -0.2) is 4.98 Å². The van der Waals surface area contributed by atoms with Crippen LogP contribution < -0.4 is 4.74 Å². The summed E-state index contributed by atoms with van der Waals surface area (Å²) in [6, 6.07) is 11.8. The molecule has 1 N–H and O–H groups in total. The van der Waals surface area contributed by atoms with Crippen LogP contribution in [0.4, 0.5) is 0 Å². The van der Waals surface area contributed by atoms with Gasteiger partial charge in [-0.15, -0.1) is 0 Å². The first-order valence-electron chi connectivity index (χ1n) is 10.0. The number of carbonyl (C=O) groups excluding carboxylic acids is 1. The molecule has 1 atom stereocenters. The third-order valence-corrected chi connectivity index (χ3v) is 5.33. The molecule has 1 aliphatic rings. The molecule has 1 fully saturated rings. The fourth-order valence-corrected chi connectivity index (χ4v) is 3.76. The second-order valence-corrected chi connectivity index (χ2v) is 7.37. The molecule has 4 rings (SSSR count). The zero-order chi connectivity index (χ0) is 19.2. The second kappa shape index (κ2) is 8.87. The van der Waals surface area contributed by atoms with Crippen LogP contribution in [0.2, 0.25) is 0 Å². The van der Waals surface area contributed by atoms with Gasteiger partial charge in [0, 0.05) is 38.3 Å². The van der Waals surface area contributed by atoms with Gasteiger partial charge in [0.15, 0.2) is 0 Å². The number of hydrogen-bond acceptors (Lipinski definition) is 4. The number of nitrogens with one attached hydrogen (secondary N) is 1. The minimum atomic E-state index is 0.258. The minimum Gasteiger partial charge on any atom is -0.493 e. The Hall–Kier alpha value is -2.89. The zero-order valence-electron chi connectivity index (χ0n) is 16.0. The van der Waals surface area contributed by atoms with Gasteiger partial charge in [0.25, 0.3) is 0 Å². The van der Waals surface area contributed by atoms with Crippen molar-refractivity contribution in [2.24, 2.45) is 5.92 Å². The van der Waals surface area contributed by atoms with E-state index in [1.807, 2.05) is 41.3 Å². The molecular formula is C22H26N4O2. The molecule has 3 aromatic rings. The number of ether oxygens (including phenoxy) is 1. The van der Waals surface area contributed by atoms with Crippen LogP contribution in [-0.4, -0.2) is 45.5 Å². The fourth-order valence-electron chi connectivity index (χ4n) is 3.76. The molecule has 1 aromatic carbocycles. The number of likely N-dealkylation sites (tertiary alicyclic amines) is 1. The normalized spacial score (nSPS) is 16.6. The third-order valence-electron chi connectivity index (χ3n) is 5.33. The Morgan fingerprint density at radius 3 is 2.93 bits per heavy atom. The van der Waals surface area contributed by atoms with E-state index >= 15 is 0 Å². The number of amides is 1. The molecule has 6 nitrogen and oxygen atoms in total. The largest absolute Gasteiger partial charge is 0.493 e. The SMILES string of the molecule is O=C(CCCc1nc2ccccc2[nH]1)N1CCC(CCOc2ccncc2)C1. The van der Waals surface area contributed by atoms with Gasteiger partial charge in [-0.3, -0.25) is 9.78 Å². The Balaban J connectivity index is 1.16. The van der Waals surface area contributed by atoms with Crippen LogP contribution >= 0.6 is 0 Å². The number of hydrogen-bond donors (Lipinski definition) is 1. The summed E-state index contributed by atoms with van der Waals surface area (Å²) in [6.45, 7) is 2.40. The van der Waals surface area contributed by atoms with Crippen LogP contribution in [0.25, 0.3) is 11.0 Å². The highest BCUT2D eigenvalue weighted by molar-refractivity contribution is 5.76. The van der Waals surface area contributed by atoms with Gasteiger partial charge in [0.2, 0.25) is 5.91 Å². The van der Waals surface area contributed by atoms with Crippen LogP contribution in [0.3, 0.4) is 0 Å². The average molecular weight is 378 g/mol. The van der Waals surface area contributed by atoms with Gasteiger partial charge < -0.3 is 14.6 Å². The summed E-state index contributed by atoms with van der Waals surface area (Å²) in [5.74, 6) is 2.60. The smallest absolute Gasteiger partial charge is 0.222 e. The quantitative estimate of drug-likeness (QED) is 0.650. The molecule has 3 heterocycles. The summed E-state index contributed by atoms with van der Waals surface area (Å²) in [5.41, 5.74) is 2.04. The monoisotopic (exact) mass is 378 g/mol. The van der Waals surface area contributed by atoms with Crippen molar-refractivity contribution in [1.82, 2.24) is 19.9 Å². The van der Waals surface area contributed by atoms with Gasteiger partial charge in [-0.1, -0.05) is 12.1 Å². The Kier molecular flexibility index (Phi) is 5.85. The maximum absolute atomic E-state index is 12.5. The van der Waals surface area contributed by atoms with Gasteiger partial charge in [0.1, 0.15) is 11.6 Å². The number of imidazole rings is 1. The lowest BCUT2D eigenvalue weighted by molar-refractivity contribution is -0.130. The van der Waals surface area contributed by atoms with E-state index in [1.165, 1.54) is 0 Å². The number of fused-ring (bicyclic) bond motifs is 1. The summed E-state index contributed by atoms with van der Waals surface area (Å²) >= 11 is 0. The molecule has 1 unspecified atom stereocenters. The van der Waals surface area contributed by atoms with Gasteiger partial charge in [-0.05, 0) is 49.4 Å². The fraction of sp³-hybridized carbons (Fsp3) is 0.409. The summed E-state index contributed by atoms with van der Waals surface area (Å²) < 4.78 is 5.75. The first-order chi connectivity index (χ1) is 13.8. The molecule has 0 saturated carbocycles. The number of aromatic amines is 1. The lowest BCUT2D eigenvalue weighted by Crippen LogP contribution is -2.28. The Morgan fingerprint density at radius 1 is 1.21 bits per heavy atom. The predicted molar refractivity (Wildman–Crippen MR) is 108 cm³/mol. The molecule has 146 valence electrons. The predicted octanol–water partition coefficient (Wildman–Crippen LogP) is 3.60. The third kappa shape index (κ3) is 4.68. The average Bonchev–Trinajstić information content (AvgIpc) is 3.35. The van der Waals surface area contributed by atoms with Crippen LogP contribution in [0.1, 0.15) is 31.5 Å². The van der Waals surface area contributed by atoms with Crippen LogP contribution in [-0.2, 0) is 11.2 Å². The highest BCUT2D eigenvalue weighted by atomic mass is 16.5. The molecule has 0 aliphatic carbocycles. The molecule has 28 heavy (non-hydrogen) atoms. The summed E-state index contributed by atoms with van der Waals surface area (Å²) in [7, 11) is 0. The van der Waals surface area contributed by atoms with Gasteiger partial charge >= 0.3 is 0 Å². The van der Waals surface area contributed by atoms with Gasteiger partial charge in [0.05, 0.1) is 17.6 Å². The zero-order valence-corrected chi connectivity index (χ0v) is 16.0. The Labute approximate surface area is 164 Å². The van der Waals surface area contributed by atoms with E-state index in [0.29, 0.717) is 18.9 Å². The number of nitrogens with zero attached hydrogens (tertiary/aromatic N) is 3. The number of para-hydroxylation sites is 2. The molecule has 0 radical (unpaired) electrons. The first-order valence-corrected chi connectivity index (χ1v) is 10.0. The number of carbonyl (C=O) groups is 1. The van der Waals surface area contributed by atoms with E-state index in [0.717, 1.165) is 61.4 Å². The van der Waals surface area contributed by atoms with Crippen molar-refractivity contribution in [2.75, 3.05) is 19.7 Å². The molecular weight excluding hydrogens is 352 g/mol. The topological polar surface area (TPSA) is 71.1 Å². The lowest BCUT2D eigenvalue weighted by Gasteiger charge is -2.16. The highest BCUT2D eigenvalue weighted by Crippen LogP contribution is 2.21. The molecule has 1 amide bonds. The van der Waals surface area contributed by atoms with Crippen molar-refractivity contribution in [3.8, 4) is 5.75 Å². The summed E-state index contributed by atoms with van der Waals surface area (Å²) in [5, 5.41) is 0. The molecule has 0 spiro atoms. The molecule has 0 bridgehead atoms. The van der Waals surface area contributed by atoms with Gasteiger partial charge in [-0.2, -0.15) is 0 Å². The van der Waals surface area contributed by atoms with Crippen LogP contribution in [0, 0.1) is 5.92 Å². The van der Waals surface area contributed by atoms with Crippen LogP contribution in [0.15, 0.2) is 48.8 Å². The Morgan fingerprint density at radius 2 is 2.07 bits per heavy atom.